The van der Waals surface area contributed by atoms with E-state index in [0.29, 0.717) is 24.1 Å². The molecule has 2 unspecified atom stereocenters. The largest absolute Gasteiger partial charge is 0.484 e. The summed E-state index contributed by atoms with van der Waals surface area (Å²) < 4.78 is 5.50. The van der Waals surface area contributed by atoms with Crippen LogP contribution in [0.2, 0.25) is 0 Å². The van der Waals surface area contributed by atoms with E-state index < -0.39 is 0 Å². The number of hydrogen-bond donors (Lipinski definition) is 3. The van der Waals surface area contributed by atoms with Gasteiger partial charge >= 0.3 is 0 Å². The van der Waals surface area contributed by atoms with Crippen molar-refractivity contribution in [1.29, 1.82) is 0 Å². The zero-order chi connectivity index (χ0) is 18.4. The molecule has 0 spiro atoms. The predicted molar refractivity (Wildman–Crippen MR) is 99.9 cm³/mol. The van der Waals surface area contributed by atoms with E-state index in [-0.39, 0.29) is 24.5 Å². The fraction of sp³-hybridized carbons (Fsp3) is 0.600. The van der Waals surface area contributed by atoms with Crippen LogP contribution in [-0.4, -0.2) is 37.6 Å². The van der Waals surface area contributed by atoms with Gasteiger partial charge in [0.15, 0.2) is 6.61 Å². The topological polar surface area (TPSA) is 79.5 Å². The minimum Gasteiger partial charge on any atom is -0.484 e. The molecule has 3 rings (SSSR count). The van der Waals surface area contributed by atoms with Gasteiger partial charge < -0.3 is 20.7 Å². The number of ether oxygens (including phenoxy) is 1. The van der Waals surface area contributed by atoms with E-state index in [2.05, 4.69) is 16.0 Å². The van der Waals surface area contributed by atoms with Crippen molar-refractivity contribution in [2.45, 2.75) is 51.1 Å². The van der Waals surface area contributed by atoms with Gasteiger partial charge in [0.1, 0.15) is 5.75 Å². The van der Waals surface area contributed by atoms with E-state index in [1.54, 1.807) is 0 Å². The molecule has 0 radical (unpaired) electrons. The molecule has 0 bridgehead atoms. The van der Waals surface area contributed by atoms with Crippen LogP contribution < -0.4 is 20.7 Å². The van der Waals surface area contributed by atoms with Crippen molar-refractivity contribution in [3.8, 4) is 5.75 Å². The minimum atomic E-state index is -0.0744. The van der Waals surface area contributed by atoms with Crippen LogP contribution in [0.25, 0.3) is 0 Å². The molecule has 1 aliphatic heterocycles. The molecule has 1 aromatic carbocycles. The summed E-state index contributed by atoms with van der Waals surface area (Å²) in [4.78, 5) is 23.8. The number of benzene rings is 1. The number of hydrogen-bond acceptors (Lipinski definition) is 4. The van der Waals surface area contributed by atoms with E-state index in [0.717, 1.165) is 37.9 Å². The Labute approximate surface area is 155 Å². The average molecular weight is 359 g/mol. The summed E-state index contributed by atoms with van der Waals surface area (Å²) >= 11 is 0. The minimum absolute atomic E-state index is 0.0398. The van der Waals surface area contributed by atoms with E-state index in [1.807, 2.05) is 31.2 Å². The average Bonchev–Trinajstić information content (AvgIpc) is 3.29. The Hall–Kier alpha value is -2.08. The smallest absolute Gasteiger partial charge is 0.258 e. The van der Waals surface area contributed by atoms with Crippen molar-refractivity contribution >= 4 is 11.8 Å². The molecule has 1 aromatic rings. The highest BCUT2D eigenvalue weighted by atomic mass is 16.5. The predicted octanol–water partition coefficient (Wildman–Crippen LogP) is 1.91. The van der Waals surface area contributed by atoms with Crippen LogP contribution >= 0.6 is 0 Å². The Kier molecular flexibility index (Phi) is 6.50. The summed E-state index contributed by atoms with van der Waals surface area (Å²) in [5.74, 6) is 1.31. The second kappa shape index (κ2) is 9.03. The van der Waals surface area contributed by atoms with Crippen LogP contribution in [-0.2, 0) is 9.59 Å². The Balaban J connectivity index is 1.38. The van der Waals surface area contributed by atoms with Gasteiger partial charge in [-0.05, 0) is 69.3 Å². The van der Waals surface area contributed by atoms with Gasteiger partial charge in [0.05, 0.1) is 6.04 Å². The van der Waals surface area contributed by atoms with Crippen molar-refractivity contribution < 1.29 is 14.3 Å². The molecule has 0 aromatic heterocycles. The molecule has 2 amide bonds. The summed E-state index contributed by atoms with van der Waals surface area (Å²) in [7, 11) is 0. The maximum atomic E-state index is 12.1. The lowest BCUT2D eigenvalue weighted by Crippen LogP contribution is -2.30. The van der Waals surface area contributed by atoms with E-state index >= 15 is 0 Å². The summed E-state index contributed by atoms with van der Waals surface area (Å²) in [6.45, 7) is 4.12. The molecular formula is C20H29N3O3. The quantitative estimate of drug-likeness (QED) is 0.629. The Morgan fingerprint density at radius 3 is 2.62 bits per heavy atom. The number of carbonyl (C=O) groups excluding carboxylic acids is 2. The lowest BCUT2D eigenvalue weighted by molar-refractivity contribution is -0.123. The van der Waals surface area contributed by atoms with Gasteiger partial charge in [0.25, 0.3) is 5.91 Å². The standard InChI is InChI=1S/C20H29N3O3/c1-14(22-19(24)9-2-15-10-11-21-12-15)16-3-7-18(8-4-16)26-13-20(25)23-17-5-6-17/h3-4,7-8,14-15,17,21H,2,5-6,9-13H2,1H3,(H,22,24)(H,23,25). The fourth-order valence-electron chi connectivity index (χ4n) is 3.19. The fourth-order valence-corrected chi connectivity index (χ4v) is 3.19. The molecule has 1 saturated carbocycles. The van der Waals surface area contributed by atoms with Gasteiger partial charge in [-0.25, -0.2) is 0 Å². The molecule has 1 saturated heterocycles. The maximum absolute atomic E-state index is 12.1. The Morgan fingerprint density at radius 2 is 1.96 bits per heavy atom. The first-order valence-electron chi connectivity index (χ1n) is 9.62. The van der Waals surface area contributed by atoms with Gasteiger partial charge in [-0.1, -0.05) is 12.1 Å². The van der Waals surface area contributed by atoms with Crippen molar-refractivity contribution in [1.82, 2.24) is 16.0 Å². The Morgan fingerprint density at radius 1 is 1.19 bits per heavy atom. The third-order valence-electron chi connectivity index (χ3n) is 5.01. The number of rotatable bonds is 9. The first kappa shape index (κ1) is 18.7. The maximum Gasteiger partial charge on any atom is 0.258 e. The molecule has 2 aliphatic rings. The summed E-state index contributed by atoms with van der Waals surface area (Å²) in [6.07, 6.45) is 4.83. The van der Waals surface area contributed by atoms with Crippen LogP contribution in [0.1, 0.15) is 50.6 Å². The molecule has 26 heavy (non-hydrogen) atoms. The second-order valence-corrected chi connectivity index (χ2v) is 7.39. The van der Waals surface area contributed by atoms with Gasteiger partial charge in [-0.15, -0.1) is 0 Å². The van der Waals surface area contributed by atoms with Crippen molar-refractivity contribution in [2.24, 2.45) is 5.92 Å². The Bertz CT molecular complexity index is 607. The first-order valence-corrected chi connectivity index (χ1v) is 9.62. The highest BCUT2D eigenvalue weighted by Crippen LogP contribution is 2.20. The number of carbonyl (C=O) groups is 2. The van der Waals surface area contributed by atoms with Gasteiger partial charge in [-0.3, -0.25) is 9.59 Å². The van der Waals surface area contributed by atoms with Crippen LogP contribution in [0.4, 0.5) is 0 Å². The molecule has 142 valence electrons. The third kappa shape index (κ3) is 6.02. The van der Waals surface area contributed by atoms with Crippen molar-refractivity contribution in [3.05, 3.63) is 29.8 Å². The van der Waals surface area contributed by atoms with E-state index in [1.165, 1.54) is 6.42 Å². The SMILES string of the molecule is CC(NC(=O)CCC1CCNC1)c1ccc(OCC(=O)NC2CC2)cc1. The molecule has 3 N–H and O–H groups in total. The van der Waals surface area contributed by atoms with Gasteiger partial charge in [0.2, 0.25) is 5.91 Å². The van der Waals surface area contributed by atoms with E-state index in [9.17, 15) is 9.59 Å². The highest BCUT2D eigenvalue weighted by Gasteiger charge is 2.23. The zero-order valence-electron chi connectivity index (χ0n) is 15.4. The number of nitrogens with one attached hydrogen (secondary N) is 3. The lowest BCUT2D eigenvalue weighted by atomic mass is 10.0. The summed E-state index contributed by atoms with van der Waals surface area (Å²) in [5.41, 5.74) is 1.02. The molecular weight excluding hydrogens is 330 g/mol. The van der Waals surface area contributed by atoms with Crippen molar-refractivity contribution in [3.63, 3.8) is 0 Å². The normalized spacial score (nSPS) is 20.4. The first-order chi connectivity index (χ1) is 12.6. The molecule has 6 heteroatoms. The monoisotopic (exact) mass is 359 g/mol. The van der Waals surface area contributed by atoms with Crippen LogP contribution in [0.3, 0.4) is 0 Å². The molecule has 1 aliphatic carbocycles. The lowest BCUT2D eigenvalue weighted by Gasteiger charge is -2.16. The zero-order valence-corrected chi connectivity index (χ0v) is 15.4. The van der Waals surface area contributed by atoms with Crippen molar-refractivity contribution in [2.75, 3.05) is 19.7 Å². The second-order valence-electron chi connectivity index (χ2n) is 7.39. The van der Waals surface area contributed by atoms with Crippen LogP contribution in [0, 0.1) is 5.92 Å². The number of amides is 2. The van der Waals surface area contributed by atoms with E-state index in [4.69, 9.17) is 4.74 Å². The van der Waals surface area contributed by atoms with Gasteiger partial charge in [0, 0.05) is 12.5 Å². The molecule has 2 fully saturated rings. The van der Waals surface area contributed by atoms with Crippen LogP contribution in [0.15, 0.2) is 24.3 Å². The molecule has 1 heterocycles. The van der Waals surface area contributed by atoms with Gasteiger partial charge in [-0.2, -0.15) is 0 Å². The summed E-state index contributed by atoms with van der Waals surface area (Å²) in [5, 5.41) is 9.27. The molecule has 2 atom stereocenters. The summed E-state index contributed by atoms with van der Waals surface area (Å²) in [6, 6.07) is 7.85. The molecule has 6 nitrogen and oxygen atoms in total. The third-order valence-corrected chi connectivity index (χ3v) is 5.01. The van der Waals surface area contributed by atoms with Crippen LogP contribution in [0.5, 0.6) is 5.75 Å². The highest BCUT2D eigenvalue weighted by molar-refractivity contribution is 5.78.